The molecule has 0 bridgehead atoms. The van der Waals surface area contributed by atoms with Crippen LogP contribution in [0, 0.1) is 13.8 Å². The fourth-order valence-electron chi connectivity index (χ4n) is 2.73. The maximum absolute atomic E-state index is 9.60. The number of rotatable bonds is 5. The second kappa shape index (κ2) is 6.92. The molecule has 0 spiro atoms. The summed E-state index contributed by atoms with van der Waals surface area (Å²) in [4.78, 5) is 2.33. The Kier molecular flexibility index (Phi) is 5.23. The average molecular weight is 263 g/mol. The van der Waals surface area contributed by atoms with Crippen molar-refractivity contribution in [3.8, 4) is 5.75 Å². The normalized spacial score (nSPS) is 20.5. The average Bonchev–Trinajstić information content (AvgIpc) is 2.34. The third-order valence-electron chi connectivity index (χ3n) is 3.56. The standard InChI is InChI=1S/C16H25NO2/c1-13-9-14(2)11-16(10-13)19-8-4-7-17-6-3-5-15(18)12-17/h9-11,15,18H,3-8,12H2,1-2H3/t15-/m0/s1. The van der Waals surface area contributed by atoms with Crippen molar-refractivity contribution in [1.82, 2.24) is 4.90 Å². The van der Waals surface area contributed by atoms with Gasteiger partial charge in [-0.25, -0.2) is 0 Å². The maximum atomic E-state index is 9.60. The van der Waals surface area contributed by atoms with Crippen molar-refractivity contribution >= 4 is 0 Å². The third-order valence-corrected chi connectivity index (χ3v) is 3.56. The number of ether oxygens (including phenoxy) is 1. The van der Waals surface area contributed by atoms with Crippen LogP contribution in [-0.4, -0.2) is 42.4 Å². The molecule has 1 atom stereocenters. The Bertz CT molecular complexity index is 385. The van der Waals surface area contributed by atoms with Crippen LogP contribution in [0.2, 0.25) is 0 Å². The summed E-state index contributed by atoms with van der Waals surface area (Å²) in [5.74, 6) is 0.969. The largest absolute Gasteiger partial charge is 0.494 e. The lowest BCUT2D eigenvalue weighted by Gasteiger charge is -2.29. The zero-order chi connectivity index (χ0) is 13.7. The predicted molar refractivity (Wildman–Crippen MR) is 77.7 cm³/mol. The molecule has 0 radical (unpaired) electrons. The molecule has 1 heterocycles. The number of hydrogen-bond acceptors (Lipinski definition) is 3. The van der Waals surface area contributed by atoms with Gasteiger partial charge >= 0.3 is 0 Å². The van der Waals surface area contributed by atoms with Gasteiger partial charge in [-0.1, -0.05) is 6.07 Å². The second-order valence-corrected chi connectivity index (χ2v) is 5.62. The highest BCUT2D eigenvalue weighted by molar-refractivity contribution is 5.32. The molecule has 3 heteroatoms. The summed E-state index contributed by atoms with van der Waals surface area (Å²) in [5.41, 5.74) is 2.49. The number of nitrogens with zero attached hydrogens (tertiary/aromatic N) is 1. The molecule has 1 aliphatic rings. The summed E-state index contributed by atoms with van der Waals surface area (Å²) < 4.78 is 5.80. The molecule has 0 unspecified atom stereocenters. The molecular formula is C16H25NO2. The molecule has 1 saturated heterocycles. The van der Waals surface area contributed by atoms with Crippen LogP contribution >= 0.6 is 0 Å². The van der Waals surface area contributed by atoms with Crippen molar-refractivity contribution in [3.63, 3.8) is 0 Å². The fraction of sp³-hybridized carbons (Fsp3) is 0.625. The summed E-state index contributed by atoms with van der Waals surface area (Å²) in [6, 6.07) is 6.32. The van der Waals surface area contributed by atoms with Gasteiger partial charge in [0, 0.05) is 13.1 Å². The monoisotopic (exact) mass is 263 g/mol. The fourth-order valence-corrected chi connectivity index (χ4v) is 2.73. The van der Waals surface area contributed by atoms with Gasteiger partial charge in [-0.05, 0) is 62.9 Å². The molecule has 19 heavy (non-hydrogen) atoms. The Morgan fingerprint density at radius 1 is 1.26 bits per heavy atom. The molecule has 3 nitrogen and oxygen atoms in total. The molecule has 1 N–H and O–H groups in total. The molecule has 0 aromatic heterocycles. The van der Waals surface area contributed by atoms with Gasteiger partial charge < -0.3 is 14.7 Å². The van der Waals surface area contributed by atoms with Crippen LogP contribution in [0.4, 0.5) is 0 Å². The number of β-amino-alcohol motifs (C(OH)–C–C–N with tert-alkyl or cyclic N) is 1. The summed E-state index contributed by atoms with van der Waals surface area (Å²) in [6.07, 6.45) is 2.95. The highest BCUT2D eigenvalue weighted by Crippen LogP contribution is 2.16. The number of piperidine rings is 1. The van der Waals surface area contributed by atoms with Gasteiger partial charge in [0.05, 0.1) is 12.7 Å². The van der Waals surface area contributed by atoms with E-state index in [0.717, 1.165) is 51.3 Å². The summed E-state index contributed by atoms with van der Waals surface area (Å²) >= 11 is 0. The number of benzene rings is 1. The smallest absolute Gasteiger partial charge is 0.119 e. The van der Waals surface area contributed by atoms with Crippen molar-refractivity contribution in [2.45, 2.75) is 39.2 Å². The van der Waals surface area contributed by atoms with E-state index in [0.29, 0.717) is 0 Å². The minimum absolute atomic E-state index is 0.130. The quantitative estimate of drug-likeness (QED) is 0.829. The van der Waals surface area contributed by atoms with Crippen molar-refractivity contribution < 1.29 is 9.84 Å². The molecule has 1 fully saturated rings. The lowest BCUT2D eigenvalue weighted by molar-refractivity contribution is 0.0679. The van der Waals surface area contributed by atoms with Crippen molar-refractivity contribution in [3.05, 3.63) is 29.3 Å². The van der Waals surface area contributed by atoms with E-state index in [1.165, 1.54) is 11.1 Å². The number of likely N-dealkylation sites (tertiary alicyclic amines) is 1. The Hall–Kier alpha value is -1.06. The van der Waals surface area contributed by atoms with Crippen molar-refractivity contribution in [2.24, 2.45) is 0 Å². The Balaban J connectivity index is 1.68. The first-order valence-electron chi connectivity index (χ1n) is 7.25. The Labute approximate surface area is 116 Å². The SMILES string of the molecule is Cc1cc(C)cc(OCCCN2CCC[C@H](O)C2)c1. The first-order valence-corrected chi connectivity index (χ1v) is 7.25. The van der Waals surface area contributed by atoms with E-state index < -0.39 is 0 Å². The highest BCUT2D eigenvalue weighted by Gasteiger charge is 2.16. The molecule has 0 amide bonds. The van der Waals surface area contributed by atoms with Gasteiger partial charge in [-0.2, -0.15) is 0 Å². The molecule has 0 saturated carbocycles. The minimum atomic E-state index is -0.130. The van der Waals surface area contributed by atoms with Crippen LogP contribution in [0.5, 0.6) is 5.75 Å². The highest BCUT2D eigenvalue weighted by atomic mass is 16.5. The second-order valence-electron chi connectivity index (χ2n) is 5.62. The van der Waals surface area contributed by atoms with Crippen LogP contribution in [0.1, 0.15) is 30.4 Å². The zero-order valence-electron chi connectivity index (χ0n) is 12.1. The van der Waals surface area contributed by atoms with E-state index >= 15 is 0 Å². The molecule has 2 rings (SSSR count). The molecule has 106 valence electrons. The van der Waals surface area contributed by atoms with E-state index in [9.17, 15) is 5.11 Å². The van der Waals surface area contributed by atoms with Gasteiger partial charge in [0.15, 0.2) is 0 Å². The van der Waals surface area contributed by atoms with Gasteiger partial charge in [0.2, 0.25) is 0 Å². The molecule has 0 aliphatic carbocycles. The number of aliphatic hydroxyl groups is 1. The topological polar surface area (TPSA) is 32.7 Å². The number of aliphatic hydroxyl groups excluding tert-OH is 1. The van der Waals surface area contributed by atoms with Crippen LogP contribution in [0.15, 0.2) is 18.2 Å². The first kappa shape index (κ1) is 14.4. The van der Waals surface area contributed by atoms with Gasteiger partial charge in [-0.3, -0.25) is 0 Å². The minimum Gasteiger partial charge on any atom is -0.494 e. The van der Waals surface area contributed by atoms with E-state index in [-0.39, 0.29) is 6.10 Å². The van der Waals surface area contributed by atoms with Crippen LogP contribution in [0.25, 0.3) is 0 Å². The number of hydrogen-bond donors (Lipinski definition) is 1. The third kappa shape index (κ3) is 4.84. The van der Waals surface area contributed by atoms with Crippen LogP contribution in [0.3, 0.4) is 0 Å². The number of aryl methyl sites for hydroxylation is 2. The lowest BCUT2D eigenvalue weighted by atomic mass is 10.1. The zero-order valence-corrected chi connectivity index (χ0v) is 12.1. The van der Waals surface area contributed by atoms with E-state index in [1.807, 2.05) is 0 Å². The summed E-state index contributed by atoms with van der Waals surface area (Å²) in [6.45, 7) is 7.88. The van der Waals surface area contributed by atoms with E-state index in [1.54, 1.807) is 0 Å². The molecular weight excluding hydrogens is 238 g/mol. The summed E-state index contributed by atoms with van der Waals surface area (Å²) in [7, 11) is 0. The first-order chi connectivity index (χ1) is 9.13. The van der Waals surface area contributed by atoms with Crippen molar-refractivity contribution in [1.29, 1.82) is 0 Å². The molecule has 1 aromatic rings. The van der Waals surface area contributed by atoms with Gasteiger partial charge in [0.1, 0.15) is 5.75 Å². The Morgan fingerprint density at radius 3 is 2.68 bits per heavy atom. The maximum Gasteiger partial charge on any atom is 0.119 e. The predicted octanol–water partition coefficient (Wildman–Crippen LogP) is 2.53. The molecule has 1 aromatic carbocycles. The van der Waals surface area contributed by atoms with Gasteiger partial charge in [0.25, 0.3) is 0 Å². The lowest BCUT2D eigenvalue weighted by Crippen LogP contribution is -2.39. The van der Waals surface area contributed by atoms with E-state index in [2.05, 4.69) is 36.9 Å². The van der Waals surface area contributed by atoms with Crippen LogP contribution < -0.4 is 4.74 Å². The van der Waals surface area contributed by atoms with Crippen molar-refractivity contribution in [2.75, 3.05) is 26.2 Å². The Morgan fingerprint density at radius 2 is 2.00 bits per heavy atom. The van der Waals surface area contributed by atoms with E-state index in [4.69, 9.17) is 4.74 Å². The van der Waals surface area contributed by atoms with Crippen LogP contribution in [-0.2, 0) is 0 Å². The molecule has 1 aliphatic heterocycles. The van der Waals surface area contributed by atoms with Gasteiger partial charge in [-0.15, -0.1) is 0 Å². The summed E-state index contributed by atoms with van der Waals surface area (Å²) in [5, 5.41) is 9.60.